The molecule has 4 heterocycles. The number of methoxy groups -OCH3 is 1. The maximum atomic E-state index is 14.2. The van der Waals surface area contributed by atoms with Crippen LogP contribution in [0.3, 0.4) is 0 Å². The van der Waals surface area contributed by atoms with Crippen LogP contribution in [0.5, 0.6) is 5.75 Å². The number of hydrogen-bond acceptors (Lipinski definition) is 8. The Labute approximate surface area is 230 Å². The topological polar surface area (TPSA) is 97.7 Å². The number of rotatable bonds is 8. The summed E-state index contributed by atoms with van der Waals surface area (Å²) in [5.74, 6) is 1.62. The highest BCUT2D eigenvalue weighted by molar-refractivity contribution is 7.22. The molecule has 39 heavy (non-hydrogen) atoms. The van der Waals surface area contributed by atoms with Gasteiger partial charge in [-0.15, -0.1) is 11.3 Å². The van der Waals surface area contributed by atoms with Crippen molar-refractivity contribution in [3.63, 3.8) is 0 Å². The maximum absolute atomic E-state index is 14.2. The van der Waals surface area contributed by atoms with E-state index in [4.69, 9.17) is 18.6 Å². The first-order valence-electron chi connectivity index (χ1n) is 13.5. The molecule has 9 nitrogen and oxygen atoms in total. The van der Waals surface area contributed by atoms with Crippen molar-refractivity contribution in [3.8, 4) is 16.5 Å². The fourth-order valence-corrected chi connectivity index (χ4v) is 7.06. The highest BCUT2D eigenvalue weighted by Gasteiger charge is 2.33. The first-order valence-corrected chi connectivity index (χ1v) is 14.3. The molecular formula is C29H33N3O6S. The quantitative estimate of drug-likeness (QED) is 0.300. The average molecular weight is 552 g/mol. The van der Waals surface area contributed by atoms with E-state index in [-0.39, 0.29) is 29.9 Å². The molecule has 3 aromatic heterocycles. The number of oxazole rings is 1. The van der Waals surface area contributed by atoms with Crippen molar-refractivity contribution in [2.75, 3.05) is 20.3 Å². The van der Waals surface area contributed by atoms with Crippen molar-refractivity contribution in [2.24, 2.45) is 5.92 Å². The molecule has 10 heteroatoms. The largest absolute Gasteiger partial charge is 0.496 e. The Hall–Kier alpha value is -3.21. The van der Waals surface area contributed by atoms with Crippen LogP contribution < -0.4 is 16.0 Å². The summed E-state index contributed by atoms with van der Waals surface area (Å²) < 4.78 is 26.7. The molecule has 206 valence electrons. The molecule has 1 aromatic carbocycles. The maximum Gasteiger partial charge on any atom is 0.332 e. The van der Waals surface area contributed by atoms with Gasteiger partial charge in [-0.2, -0.15) is 0 Å². The lowest BCUT2D eigenvalue weighted by Gasteiger charge is -2.34. The summed E-state index contributed by atoms with van der Waals surface area (Å²) in [5.41, 5.74) is 1.09. The van der Waals surface area contributed by atoms with E-state index in [0.29, 0.717) is 41.0 Å². The second kappa shape index (κ2) is 10.7. The molecule has 2 aliphatic rings. The molecule has 1 saturated carbocycles. The summed E-state index contributed by atoms with van der Waals surface area (Å²) in [4.78, 5) is 33.7. The van der Waals surface area contributed by atoms with Crippen LogP contribution in [0, 0.1) is 12.8 Å². The third-order valence-corrected chi connectivity index (χ3v) is 9.25. The summed E-state index contributed by atoms with van der Waals surface area (Å²) in [6.45, 7) is 5.57. The Morgan fingerprint density at radius 1 is 1.18 bits per heavy atom. The number of fused-ring (bicyclic) bond motifs is 1. The lowest BCUT2D eigenvalue weighted by Crippen LogP contribution is -2.46. The molecule has 4 aromatic rings. The molecule has 1 saturated heterocycles. The number of ether oxygens (including phenoxy) is 3. The average Bonchev–Trinajstić information content (AvgIpc) is 3.58. The van der Waals surface area contributed by atoms with Gasteiger partial charge in [0.2, 0.25) is 5.89 Å². The minimum Gasteiger partial charge on any atom is -0.496 e. The highest BCUT2D eigenvalue weighted by atomic mass is 32.1. The summed E-state index contributed by atoms with van der Waals surface area (Å²) >= 11 is 1.36. The second-order valence-electron chi connectivity index (χ2n) is 10.6. The molecule has 6 rings (SSSR count). The molecule has 1 atom stereocenters. The monoisotopic (exact) mass is 551 g/mol. The second-order valence-corrected chi connectivity index (χ2v) is 11.5. The van der Waals surface area contributed by atoms with Crippen LogP contribution >= 0.6 is 11.3 Å². The zero-order valence-electron chi connectivity index (χ0n) is 22.4. The first-order chi connectivity index (χ1) is 19.0. The van der Waals surface area contributed by atoms with Gasteiger partial charge in [0.05, 0.1) is 36.2 Å². The van der Waals surface area contributed by atoms with Gasteiger partial charge in [0.1, 0.15) is 22.9 Å². The van der Waals surface area contributed by atoms with Crippen molar-refractivity contribution >= 4 is 21.6 Å². The van der Waals surface area contributed by atoms with Gasteiger partial charge in [-0.3, -0.25) is 13.9 Å². The minimum absolute atomic E-state index is 0.00815. The van der Waals surface area contributed by atoms with Gasteiger partial charge >= 0.3 is 5.69 Å². The van der Waals surface area contributed by atoms with Crippen LogP contribution in [0.1, 0.15) is 55.9 Å². The van der Waals surface area contributed by atoms with E-state index in [0.717, 1.165) is 41.7 Å². The third-order valence-electron chi connectivity index (χ3n) is 7.94. The number of hydrogen-bond donors (Lipinski definition) is 0. The van der Waals surface area contributed by atoms with Crippen molar-refractivity contribution in [2.45, 2.75) is 64.3 Å². The number of aromatic nitrogens is 3. The molecule has 0 spiro atoms. The Kier molecular flexibility index (Phi) is 7.18. The summed E-state index contributed by atoms with van der Waals surface area (Å²) in [6, 6.07) is 7.64. The van der Waals surface area contributed by atoms with Gasteiger partial charge in [-0.25, -0.2) is 9.78 Å². The van der Waals surface area contributed by atoms with E-state index in [1.807, 2.05) is 31.2 Å². The van der Waals surface area contributed by atoms with Gasteiger partial charge in [0.15, 0.2) is 0 Å². The predicted octanol–water partition coefficient (Wildman–Crippen LogP) is 5.10. The van der Waals surface area contributed by atoms with E-state index in [2.05, 4.69) is 11.9 Å². The standard InChI is InChI=1S/C29H33N3O6S/c1-17-14-19(15-17)32-27(33)24-18(2)25(26-30-10-13-37-26)39-28(24)31(29(32)34)16-23(38-20-8-11-36-12-9-20)21-6-4-5-7-22(21)35-3/h4-7,10,13,17,19-20,23H,8-9,11-12,14-16H2,1-3H3. The smallest absolute Gasteiger partial charge is 0.332 e. The molecule has 0 amide bonds. The summed E-state index contributed by atoms with van der Waals surface area (Å²) in [5, 5.41) is 0.539. The Morgan fingerprint density at radius 3 is 2.64 bits per heavy atom. The first kappa shape index (κ1) is 26.0. The van der Waals surface area contributed by atoms with E-state index in [1.54, 1.807) is 17.9 Å². The van der Waals surface area contributed by atoms with Gasteiger partial charge in [0.25, 0.3) is 5.56 Å². The summed E-state index contributed by atoms with van der Waals surface area (Å²) in [6.07, 6.45) is 5.80. The molecule has 1 aliphatic heterocycles. The van der Waals surface area contributed by atoms with Crippen LogP contribution in [0.2, 0.25) is 0 Å². The Bertz CT molecular complexity index is 1580. The molecule has 1 unspecified atom stereocenters. The van der Waals surface area contributed by atoms with Gasteiger partial charge in [-0.1, -0.05) is 25.1 Å². The molecule has 2 fully saturated rings. The molecular weight excluding hydrogens is 518 g/mol. The van der Waals surface area contributed by atoms with Crippen LogP contribution in [-0.2, 0) is 16.0 Å². The minimum atomic E-state index is -0.469. The van der Waals surface area contributed by atoms with Gasteiger partial charge in [0, 0.05) is 24.8 Å². The fraction of sp³-hybridized carbons (Fsp3) is 0.483. The van der Waals surface area contributed by atoms with E-state index >= 15 is 0 Å². The van der Waals surface area contributed by atoms with Crippen molar-refractivity contribution in [1.29, 1.82) is 0 Å². The van der Waals surface area contributed by atoms with Crippen molar-refractivity contribution < 1.29 is 18.6 Å². The number of thiophene rings is 1. The highest BCUT2D eigenvalue weighted by Crippen LogP contribution is 2.39. The van der Waals surface area contributed by atoms with Crippen LogP contribution in [0.15, 0.2) is 50.7 Å². The van der Waals surface area contributed by atoms with E-state index < -0.39 is 6.10 Å². The molecule has 0 radical (unpaired) electrons. The Balaban J connectivity index is 1.53. The molecule has 0 N–H and O–H groups in total. The lowest BCUT2D eigenvalue weighted by atomic mass is 9.81. The van der Waals surface area contributed by atoms with E-state index in [9.17, 15) is 9.59 Å². The normalized spacial score (nSPS) is 20.7. The van der Waals surface area contributed by atoms with Gasteiger partial charge in [-0.05, 0) is 50.2 Å². The van der Waals surface area contributed by atoms with Crippen LogP contribution in [-0.4, -0.2) is 40.5 Å². The van der Waals surface area contributed by atoms with Gasteiger partial charge < -0.3 is 18.6 Å². The zero-order chi connectivity index (χ0) is 27.1. The number of para-hydroxylation sites is 1. The van der Waals surface area contributed by atoms with Crippen LogP contribution in [0.25, 0.3) is 21.0 Å². The van der Waals surface area contributed by atoms with E-state index in [1.165, 1.54) is 22.2 Å². The fourth-order valence-electron chi connectivity index (χ4n) is 5.81. The Morgan fingerprint density at radius 2 is 1.95 bits per heavy atom. The predicted molar refractivity (Wildman–Crippen MR) is 149 cm³/mol. The summed E-state index contributed by atoms with van der Waals surface area (Å²) in [7, 11) is 1.64. The molecule has 0 bridgehead atoms. The van der Waals surface area contributed by atoms with Crippen LogP contribution in [0.4, 0.5) is 0 Å². The number of aryl methyl sites for hydroxylation is 1. The number of nitrogens with zero attached hydrogens (tertiary/aromatic N) is 3. The molecule has 1 aliphatic carbocycles. The van der Waals surface area contributed by atoms with Crippen molar-refractivity contribution in [1.82, 2.24) is 14.1 Å². The lowest BCUT2D eigenvalue weighted by molar-refractivity contribution is -0.0753. The SMILES string of the molecule is COc1ccccc1C(Cn1c(=O)n(C2CC(C)C2)c(=O)c2c(C)c(-c3ncco3)sc21)OC1CCOCC1. The number of benzene rings is 1. The van der Waals surface area contributed by atoms with Crippen molar-refractivity contribution in [3.05, 3.63) is 68.7 Å². The zero-order valence-corrected chi connectivity index (χ0v) is 23.2. The third kappa shape index (κ3) is 4.74.